The number of hydrogen-bond donors (Lipinski definition) is 2. The predicted octanol–water partition coefficient (Wildman–Crippen LogP) is 3.64. The quantitative estimate of drug-likeness (QED) is 0.608. The Morgan fingerprint density at radius 1 is 0.938 bits per heavy atom. The van der Waals surface area contributed by atoms with Gasteiger partial charge in [0.25, 0.3) is 0 Å². The Balaban J connectivity index is 3.37. The van der Waals surface area contributed by atoms with Gasteiger partial charge in [0.2, 0.25) is 11.5 Å². The van der Waals surface area contributed by atoms with Gasteiger partial charge in [-0.05, 0) is 23.5 Å². The average Bonchev–Trinajstić information content (AvgIpc) is 2.26. The summed E-state index contributed by atoms with van der Waals surface area (Å²) in [4.78, 5) is 8.51. The molecule has 0 amide bonds. The molecule has 2 N–H and O–H groups in total. The molecule has 0 fully saturated rings. The zero-order chi connectivity index (χ0) is 12.3. The van der Waals surface area contributed by atoms with Crippen molar-refractivity contribution in [2.45, 2.75) is 39.5 Å². The van der Waals surface area contributed by atoms with E-state index < -0.39 is 0 Å². The molecule has 1 aromatic carbocycles. The Labute approximate surface area is 95.3 Å². The molecule has 1 rings (SSSR count). The first-order chi connectivity index (χ1) is 7.51. The van der Waals surface area contributed by atoms with Crippen molar-refractivity contribution in [3.05, 3.63) is 23.3 Å². The summed E-state index contributed by atoms with van der Waals surface area (Å²) < 4.78 is 0. The van der Waals surface area contributed by atoms with Crippen LogP contribution in [0.25, 0.3) is 0 Å². The molecule has 1 aromatic rings. The number of benzene rings is 1. The van der Waals surface area contributed by atoms with Gasteiger partial charge in [0, 0.05) is 5.56 Å². The van der Waals surface area contributed by atoms with Crippen molar-refractivity contribution >= 4 is 0 Å². The first-order valence-corrected chi connectivity index (χ1v) is 5.31. The fraction of sp³-hybridized carbons (Fsp3) is 0.500. The lowest BCUT2D eigenvalue weighted by molar-refractivity contribution is -0.164. The minimum absolute atomic E-state index is 0.136. The molecule has 0 atom stereocenters. The highest BCUT2D eigenvalue weighted by Crippen LogP contribution is 2.38. The third-order valence-electron chi connectivity index (χ3n) is 2.58. The van der Waals surface area contributed by atoms with Crippen LogP contribution in [-0.2, 0) is 0 Å². The third kappa shape index (κ3) is 2.46. The van der Waals surface area contributed by atoms with E-state index in [1.807, 2.05) is 33.8 Å². The summed E-state index contributed by atoms with van der Waals surface area (Å²) in [6.45, 7) is 8.03. The molecule has 0 radical (unpaired) electrons. The summed E-state index contributed by atoms with van der Waals surface area (Å²) in [5.74, 6) is 0.771. The second-order valence-corrected chi connectivity index (χ2v) is 4.43. The summed E-state index contributed by atoms with van der Waals surface area (Å²) >= 11 is 0. The van der Waals surface area contributed by atoms with Crippen LogP contribution in [0.1, 0.15) is 50.7 Å². The molecule has 0 heterocycles. The van der Waals surface area contributed by atoms with Crippen molar-refractivity contribution in [2.75, 3.05) is 0 Å². The molecule has 4 nitrogen and oxygen atoms in total. The molecule has 0 aliphatic heterocycles. The van der Waals surface area contributed by atoms with Crippen LogP contribution in [0.15, 0.2) is 12.1 Å². The fourth-order valence-corrected chi connectivity index (χ4v) is 1.57. The molecule has 0 saturated carbocycles. The minimum Gasteiger partial charge on any atom is -0.336 e. The van der Waals surface area contributed by atoms with E-state index >= 15 is 0 Å². The number of rotatable bonds is 4. The van der Waals surface area contributed by atoms with Crippen molar-refractivity contribution in [2.24, 2.45) is 0 Å². The molecule has 0 unspecified atom stereocenters. The topological polar surface area (TPSA) is 58.9 Å². The van der Waals surface area contributed by atoms with Crippen LogP contribution in [0, 0.1) is 0 Å². The van der Waals surface area contributed by atoms with Crippen molar-refractivity contribution in [3.63, 3.8) is 0 Å². The van der Waals surface area contributed by atoms with E-state index in [9.17, 15) is 0 Å². The van der Waals surface area contributed by atoms with Gasteiger partial charge in [-0.25, -0.2) is 10.5 Å². The summed E-state index contributed by atoms with van der Waals surface area (Å²) in [5.41, 5.74) is 1.83. The van der Waals surface area contributed by atoms with Crippen LogP contribution < -0.4 is 9.78 Å². The van der Waals surface area contributed by atoms with Crippen molar-refractivity contribution in [3.8, 4) is 11.5 Å². The van der Waals surface area contributed by atoms with Gasteiger partial charge < -0.3 is 9.78 Å². The first kappa shape index (κ1) is 12.8. The normalized spacial score (nSPS) is 11.0. The van der Waals surface area contributed by atoms with Gasteiger partial charge in [-0.1, -0.05) is 33.8 Å². The Hall–Kier alpha value is -1.26. The van der Waals surface area contributed by atoms with Crippen LogP contribution in [-0.4, -0.2) is 10.5 Å². The molecule has 0 spiro atoms. The van der Waals surface area contributed by atoms with Gasteiger partial charge in [-0.3, -0.25) is 0 Å². The smallest absolute Gasteiger partial charge is 0.214 e. The highest BCUT2D eigenvalue weighted by molar-refractivity contribution is 5.51. The standard InChI is InChI=1S/C12H18O4/c1-7(2)9-5-10(8(3)4)12(16-14)11(6-9)15-13/h5-8,13-14H,1-4H3. The van der Waals surface area contributed by atoms with Gasteiger partial charge in [0.15, 0.2) is 0 Å². The van der Waals surface area contributed by atoms with E-state index in [1.54, 1.807) is 6.07 Å². The zero-order valence-corrected chi connectivity index (χ0v) is 10.0. The maximum absolute atomic E-state index is 8.82. The monoisotopic (exact) mass is 226 g/mol. The lowest BCUT2D eigenvalue weighted by atomic mass is 9.94. The lowest BCUT2D eigenvalue weighted by Gasteiger charge is -2.16. The first-order valence-electron chi connectivity index (χ1n) is 5.31. The third-order valence-corrected chi connectivity index (χ3v) is 2.58. The van der Waals surface area contributed by atoms with Crippen LogP contribution in [0.3, 0.4) is 0 Å². The second-order valence-electron chi connectivity index (χ2n) is 4.43. The molecule has 0 bridgehead atoms. The van der Waals surface area contributed by atoms with Crippen molar-refractivity contribution < 1.29 is 20.3 Å². The highest BCUT2D eigenvalue weighted by atomic mass is 17.1. The Bertz CT molecular complexity index is 358. The van der Waals surface area contributed by atoms with Gasteiger partial charge in [0.05, 0.1) is 0 Å². The maximum Gasteiger partial charge on any atom is 0.214 e. The molecule has 4 heteroatoms. The van der Waals surface area contributed by atoms with Gasteiger partial charge >= 0.3 is 0 Å². The van der Waals surface area contributed by atoms with Crippen LogP contribution in [0.4, 0.5) is 0 Å². The van der Waals surface area contributed by atoms with E-state index in [-0.39, 0.29) is 17.4 Å². The second kappa shape index (κ2) is 5.18. The number of hydrogen-bond acceptors (Lipinski definition) is 4. The van der Waals surface area contributed by atoms with E-state index in [0.717, 1.165) is 11.1 Å². The van der Waals surface area contributed by atoms with Gasteiger partial charge in [-0.2, -0.15) is 0 Å². The maximum atomic E-state index is 8.82. The van der Waals surface area contributed by atoms with Crippen LogP contribution >= 0.6 is 0 Å². The summed E-state index contributed by atoms with van der Waals surface area (Å²) in [5, 5.41) is 17.6. The van der Waals surface area contributed by atoms with E-state index in [2.05, 4.69) is 9.78 Å². The Morgan fingerprint density at radius 2 is 1.56 bits per heavy atom. The summed E-state index contributed by atoms with van der Waals surface area (Å²) in [6, 6.07) is 3.60. The van der Waals surface area contributed by atoms with Gasteiger partial charge in [0.1, 0.15) is 0 Å². The van der Waals surface area contributed by atoms with Crippen molar-refractivity contribution in [1.82, 2.24) is 0 Å². The van der Waals surface area contributed by atoms with Gasteiger partial charge in [-0.15, -0.1) is 0 Å². The van der Waals surface area contributed by atoms with Crippen molar-refractivity contribution in [1.29, 1.82) is 0 Å². The molecule has 0 aliphatic carbocycles. The SMILES string of the molecule is CC(C)c1cc(OO)c(OO)c(C(C)C)c1. The molecule has 0 aliphatic rings. The van der Waals surface area contributed by atoms with Crippen LogP contribution in [0.5, 0.6) is 11.5 Å². The molecule has 90 valence electrons. The van der Waals surface area contributed by atoms with E-state index in [1.165, 1.54) is 0 Å². The minimum atomic E-state index is 0.136. The Morgan fingerprint density at radius 3 is 1.94 bits per heavy atom. The Kier molecular flexibility index (Phi) is 4.15. The molecule has 0 saturated heterocycles. The summed E-state index contributed by atoms with van der Waals surface area (Å²) in [7, 11) is 0. The largest absolute Gasteiger partial charge is 0.336 e. The lowest BCUT2D eigenvalue weighted by Crippen LogP contribution is -2.01. The fourth-order valence-electron chi connectivity index (χ4n) is 1.57. The highest BCUT2D eigenvalue weighted by Gasteiger charge is 2.18. The predicted molar refractivity (Wildman–Crippen MR) is 61.1 cm³/mol. The molecule has 0 aromatic heterocycles. The van der Waals surface area contributed by atoms with Crippen LogP contribution in [0.2, 0.25) is 0 Å². The molecular formula is C12H18O4. The average molecular weight is 226 g/mol. The van der Waals surface area contributed by atoms with E-state index in [0.29, 0.717) is 5.92 Å². The zero-order valence-electron chi connectivity index (χ0n) is 10.0. The summed E-state index contributed by atoms with van der Waals surface area (Å²) in [6.07, 6.45) is 0. The molecular weight excluding hydrogens is 208 g/mol. The molecule has 16 heavy (non-hydrogen) atoms. The van der Waals surface area contributed by atoms with E-state index in [4.69, 9.17) is 10.5 Å².